The van der Waals surface area contributed by atoms with E-state index in [1.807, 2.05) is 6.07 Å². The molecule has 0 aliphatic heterocycles. The molecule has 0 spiro atoms. The molecule has 0 aliphatic carbocycles. The zero-order valence-electron chi connectivity index (χ0n) is 13.3. The average molecular weight is 357 g/mol. The van der Waals surface area contributed by atoms with Crippen LogP contribution in [0.4, 0.5) is 5.69 Å². The van der Waals surface area contributed by atoms with Crippen molar-refractivity contribution in [1.82, 2.24) is 5.32 Å². The number of amides is 2. The topological polar surface area (TPSA) is 108 Å². The van der Waals surface area contributed by atoms with E-state index >= 15 is 0 Å². The minimum Gasteiger partial charge on any atom is -0.451 e. The third kappa shape index (κ3) is 5.16. The number of carbonyl (C=O) groups is 3. The first-order valence-corrected chi connectivity index (χ1v) is 8.20. The Hall–Kier alpha value is -3.18. The molecule has 2 N–H and O–H groups in total. The summed E-state index contributed by atoms with van der Waals surface area (Å²) in [7, 11) is 0. The summed E-state index contributed by atoms with van der Waals surface area (Å²) >= 11 is 1.25. The quantitative estimate of drug-likeness (QED) is 0.768. The van der Waals surface area contributed by atoms with Gasteiger partial charge in [0.1, 0.15) is 12.6 Å². The van der Waals surface area contributed by atoms with E-state index in [1.54, 1.807) is 41.8 Å². The predicted octanol–water partition coefficient (Wildman–Crippen LogP) is 1.92. The monoisotopic (exact) mass is 357 g/mol. The number of hydrogen-bond donors (Lipinski definition) is 2. The van der Waals surface area contributed by atoms with E-state index in [0.717, 1.165) is 0 Å². The van der Waals surface area contributed by atoms with E-state index in [-0.39, 0.29) is 12.5 Å². The molecule has 1 aromatic carbocycles. The summed E-state index contributed by atoms with van der Waals surface area (Å²) < 4.78 is 4.98. The Morgan fingerprint density at radius 3 is 2.68 bits per heavy atom. The van der Waals surface area contributed by atoms with Crippen molar-refractivity contribution in [3.63, 3.8) is 0 Å². The van der Waals surface area contributed by atoms with Crippen molar-refractivity contribution in [2.45, 2.75) is 13.0 Å². The van der Waals surface area contributed by atoms with Gasteiger partial charge in [-0.1, -0.05) is 18.2 Å². The molecule has 2 amide bonds. The highest BCUT2D eigenvalue weighted by atomic mass is 32.1. The molecular formula is C17H15N3O4S. The Labute approximate surface area is 148 Å². The summed E-state index contributed by atoms with van der Waals surface area (Å²) in [5, 5.41) is 15.7. The molecule has 25 heavy (non-hydrogen) atoms. The lowest BCUT2D eigenvalue weighted by atomic mass is 10.2. The third-order valence-electron chi connectivity index (χ3n) is 3.12. The van der Waals surface area contributed by atoms with Crippen LogP contribution in [-0.2, 0) is 14.3 Å². The van der Waals surface area contributed by atoms with Crippen LogP contribution in [0.5, 0.6) is 0 Å². The van der Waals surface area contributed by atoms with Gasteiger partial charge in [0.25, 0.3) is 11.8 Å². The van der Waals surface area contributed by atoms with Gasteiger partial charge >= 0.3 is 5.97 Å². The molecule has 0 saturated heterocycles. The zero-order chi connectivity index (χ0) is 18.2. The molecule has 0 fully saturated rings. The van der Waals surface area contributed by atoms with Crippen molar-refractivity contribution in [2.75, 3.05) is 11.9 Å². The van der Waals surface area contributed by atoms with Gasteiger partial charge in [-0.05, 0) is 30.5 Å². The maximum atomic E-state index is 12.1. The van der Waals surface area contributed by atoms with Crippen LogP contribution in [-0.4, -0.2) is 30.4 Å². The molecule has 0 aliphatic rings. The van der Waals surface area contributed by atoms with Crippen LogP contribution in [0.15, 0.2) is 41.8 Å². The molecule has 128 valence electrons. The number of ether oxygens (including phenoxy) is 1. The highest BCUT2D eigenvalue weighted by Crippen LogP contribution is 2.14. The van der Waals surface area contributed by atoms with Crippen molar-refractivity contribution >= 4 is 34.8 Å². The van der Waals surface area contributed by atoms with Crippen molar-refractivity contribution in [2.24, 2.45) is 0 Å². The number of hydrogen-bond acceptors (Lipinski definition) is 6. The molecule has 8 heteroatoms. The summed E-state index contributed by atoms with van der Waals surface area (Å²) in [6.07, 6.45) is -1.07. The molecule has 1 aromatic heterocycles. The summed E-state index contributed by atoms with van der Waals surface area (Å²) in [5.41, 5.74) is 0.640. The van der Waals surface area contributed by atoms with Crippen molar-refractivity contribution < 1.29 is 19.1 Å². The fourth-order valence-corrected chi connectivity index (χ4v) is 2.50. The van der Waals surface area contributed by atoms with Crippen LogP contribution < -0.4 is 10.6 Å². The van der Waals surface area contributed by atoms with Gasteiger partial charge in [0.2, 0.25) is 0 Å². The fourth-order valence-electron chi connectivity index (χ4n) is 1.86. The summed E-state index contributed by atoms with van der Waals surface area (Å²) in [5.74, 6) is -1.69. The molecule has 1 heterocycles. The molecule has 0 bridgehead atoms. The second-order valence-electron chi connectivity index (χ2n) is 4.94. The summed E-state index contributed by atoms with van der Waals surface area (Å²) in [4.78, 5) is 36.0. The molecule has 0 saturated carbocycles. The first-order chi connectivity index (χ1) is 12.0. The van der Waals surface area contributed by atoms with E-state index in [4.69, 9.17) is 10.00 Å². The van der Waals surface area contributed by atoms with Crippen LogP contribution >= 0.6 is 11.3 Å². The molecule has 1 atom stereocenters. The number of para-hydroxylation sites is 1. The fraction of sp³-hybridized carbons (Fsp3) is 0.176. The lowest BCUT2D eigenvalue weighted by Crippen LogP contribution is -2.35. The SMILES string of the molecule is C[C@H](OC(=O)CNC(=O)c1cccs1)C(=O)Nc1ccccc1C#N. The number of nitriles is 1. The molecule has 2 rings (SSSR count). The Bertz CT molecular complexity index is 812. The number of nitrogens with zero attached hydrogens (tertiary/aromatic N) is 1. The van der Waals surface area contributed by atoms with Gasteiger partial charge in [-0.15, -0.1) is 11.3 Å². The Morgan fingerprint density at radius 1 is 1.24 bits per heavy atom. The lowest BCUT2D eigenvalue weighted by molar-refractivity contribution is -0.152. The number of carbonyl (C=O) groups excluding carboxylic acids is 3. The van der Waals surface area contributed by atoms with E-state index in [9.17, 15) is 14.4 Å². The van der Waals surface area contributed by atoms with Gasteiger partial charge in [-0.2, -0.15) is 5.26 Å². The second kappa shape index (κ2) is 8.61. The smallest absolute Gasteiger partial charge is 0.326 e. The van der Waals surface area contributed by atoms with Gasteiger partial charge in [0.05, 0.1) is 16.1 Å². The highest BCUT2D eigenvalue weighted by Gasteiger charge is 2.19. The number of nitrogens with one attached hydrogen (secondary N) is 2. The maximum absolute atomic E-state index is 12.1. The largest absolute Gasteiger partial charge is 0.451 e. The van der Waals surface area contributed by atoms with Crippen LogP contribution in [0.1, 0.15) is 22.2 Å². The Morgan fingerprint density at radius 2 is 2.00 bits per heavy atom. The first-order valence-electron chi connectivity index (χ1n) is 7.32. The van der Waals surface area contributed by atoms with Crippen molar-refractivity contribution in [3.05, 3.63) is 52.2 Å². The third-order valence-corrected chi connectivity index (χ3v) is 3.99. The molecular weight excluding hydrogens is 342 g/mol. The average Bonchev–Trinajstić information content (AvgIpc) is 3.14. The van der Waals surface area contributed by atoms with Gasteiger partial charge in [-0.3, -0.25) is 14.4 Å². The van der Waals surface area contributed by atoms with Crippen LogP contribution in [0, 0.1) is 11.3 Å². The molecule has 7 nitrogen and oxygen atoms in total. The number of esters is 1. The number of benzene rings is 1. The number of rotatable bonds is 6. The summed E-state index contributed by atoms with van der Waals surface area (Å²) in [6, 6.07) is 11.8. The minimum atomic E-state index is -1.07. The minimum absolute atomic E-state index is 0.303. The van der Waals surface area contributed by atoms with Crippen LogP contribution in [0.3, 0.4) is 0 Å². The standard InChI is InChI=1S/C17H15N3O4S/c1-11(16(22)20-13-6-3-2-5-12(13)9-18)24-15(21)10-19-17(23)14-7-4-8-25-14/h2-8,11H,10H2,1H3,(H,19,23)(H,20,22)/t11-/m0/s1. The van der Waals surface area contributed by atoms with Crippen LogP contribution in [0.25, 0.3) is 0 Å². The Kier molecular flexibility index (Phi) is 6.26. The highest BCUT2D eigenvalue weighted by molar-refractivity contribution is 7.12. The normalized spacial score (nSPS) is 11.0. The van der Waals surface area contributed by atoms with Gasteiger partial charge < -0.3 is 15.4 Å². The number of thiophene rings is 1. The van der Waals surface area contributed by atoms with E-state index in [2.05, 4.69) is 10.6 Å². The number of anilines is 1. The second-order valence-corrected chi connectivity index (χ2v) is 5.89. The van der Waals surface area contributed by atoms with Crippen LogP contribution in [0.2, 0.25) is 0 Å². The molecule has 2 aromatic rings. The van der Waals surface area contributed by atoms with E-state index in [0.29, 0.717) is 16.1 Å². The molecule has 0 radical (unpaired) electrons. The Balaban J connectivity index is 1.83. The maximum Gasteiger partial charge on any atom is 0.326 e. The zero-order valence-corrected chi connectivity index (χ0v) is 14.1. The van der Waals surface area contributed by atoms with E-state index in [1.165, 1.54) is 18.3 Å². The van der Waals surface area contributed by atoms with Crippen molar-refractivity contribution in [1.29, 1.82) is 5.26 Å². The lowest BCUT2D eigenvalue weighted by Gasteiger charge is -2.14. The first kappa shape index (κ1) is 18.2. The molecule has 0 unspecified atom stereocenters. The van der Waals surface area contributed by atoms with E-state index < -0.39 is 18.0 Å². The van der Waals surface area contributed by atoms with Gasteiger partial charge in [0.15, 0.2) is 6.10 Å². The summed E-state index contributed by atoms with van der Waals surface area (Å²) in [6.45, 7) is 1.06. The van der Waals surface area contributed by atoms with Gasteiger partial charge in [-0.25, -0.2) is 0 Å². The van der Waals surface area contributed by atoms with Gasteiger partial charge in [0, 0.05) is 0 Å². The van der Waals surface area contributed by atoms with Crippen molar-refractivity contribution in [3.8, 4) is 6.07 Å². The predicted molar refractivity (Wildman–Crippen MR) is 92.0 cm³/mol.